The lowest BCUT2D eigenvalue weighted by Gasteiger charge is -2.17. The van der Waals surface area contributed by atoms with Crippen LogP contribution >= 0.6 is 7.82 Å². The first-order valence-electron chi connectivity index (χ1n) is 5.37. The molecule has 0 fully saturated rings. The maximum Gasteiger partial charge on any atom is 0.530 e. The van der Waals surface area contributed by atoms with Gasteiger partial charge in [0.25, 0.3) is 0 Å². The topological polar surface area (TPSA) is 88.5 Å². The molecule has 0 aliphatic rings. The zero-order chi connectivity index (χ0) is 13.6. The third-order valence-corrected chi connectivity index (χ3v) is 3.44. The van der Waals surface area contributed by atoms with Crippen molar-refractivity contribution in [2.45, 2.75) is 13.8 Å². The Hall–Kier alpha value is -1.11. The first-order valence-corrected chi connectivity index (χ1v) is 6.83. The summed E-state index contributed by atoms with van der Waals surface area (Å²) in [5.41, 5.74) is 0.144. The molecule has 0 spiro atoms. The summed E-state index contributed by atoms with van der Waals surface area (Å²) in [5, 5.41) is 17.5. The van der Waals surface area contributed by atoms with E-state index in [9.17, 15) is 4.57 Å². The summed E-state index contributed by atoms with van der Waals surface area (Å²) >= 11 is 0. The number of nitrogens with zero attached hydrogens (tertiary/aromatic N) is 1. The minimum absolute atomic E-state index is 0.0333. The first kappa shape index (κ1) is 14.9. The molecule has 0 unspecified atom stereocenters. The second-order valence-electron chi connectivity index (χ2n) is 3.16. The summed E-state index contributed by atoms with van der Waals surface area (Å²) in [7, 11) is -3.62. The Labute approximate surface area is 105 Å². The molecule has 0 aliphatic carbocycles. The molecule has 0 saturated carbocycles. The van der Waals surface area contributed by atoms with E-state index in [1.54, 1.807) is 13.8 Å². The standard InChI is InChI=1S/C10H16NO6P/c1-3-15-18(14,16-4-2)17-10-7-5-9(6-8-10)11(12)13/h5-8,12-13H,3-4H2,1-2H3. The highest BCUT2D eigenvalue weighted by molar-refractivity contribution is 7.48. The van der Waals surface area contributed by atoms with Gasteiger partial charge in [0, 0.05) is 0 Å². The van der Waals surface area contributed by atoms with Crippen LogP contribution in [0.5, 0.6) is 5.75 Å². The van der Waals surface area contributed by atoms with Crippen LogP contribution in [0.4, 0.5) is 5.69 Å². The summed E-state index contributed by atoms with van der Waals surface area (Å²) in [6, 6.07) is 5.58. The molecule has 102 valence electrons. The lowest BCUT2D eigenvalue weighted by molar-refractivity contribution is 0.0291. The fourth-order valence-electron chi connectivity index (χ4n) is 1.18. The maximum atomic E-state index is 12.0. The molecule has 0 saturated heterocycles. The normalized spacial score (nSPS) is 11.3. The van der Waals surface area contributed by atoms with Gasteiger partial charge in [-0.1, -0.05) is 0 Å². The largest absolute Gasteiger partial charge is 0.530 e. The molecule has 0 bridgehead atoms. The van der Waals surface area contributed by atoms with Gasteiger partial charge in [-0.2, -0.15) is 0 Å². The van der Waals surface area contributed by atoms with Gasteiger partial charge in [-0.05, 0) is 38.1 Å². The quantitative estimate of drug-likeness (QED) is 0.585. The SMILES string of the molecule is CCOP(=O)(OCC)Oc1ccc(N(O)O)cc1. The zero-order valence-electron chi connectivity index (χ0n) is 10.1. The van der Waals surface area contributed by atoms with E-state index in [1.165, 1.54) is 24.3 Å². The van der Waals surface area contributed by atoms with Gasteiger partial charge in [0.1, 0.15) is 5.75 Å². The van der Waals surface area contributed by atoms with Gasteiger partial charge in [0.05, 0.1) is 18.9 Å². The Balaban J connectivity index is 2.78. The molecule has 18 heavy (non-hydrogen) atoms. The molecule has 0 atom stereocenters. The minimum atomic E-state index is -3.62. The van der Waals surface area contributed by atoms with E-state index >= 15 is 0 Å². The number of phosphoric acid groups is 1. The van der Waals surface area contributed by atoms with Crippen molar-refractivity contribution in [2.24, 2.45) is 0 Å². The molecule has 0 aliphatic heterocycles. The van der Waals surface area contributed by atoms with E-state index in [-0.39, 0.29) is 29.9 Å². The Morgan fingerprint density at radius 1 is 1.11 bits per heavy atom. The second kappa shape index (κ2) is 6.72. The van der Waals surface area contributed by atoms with Crippen LogP contribution in [0.3, 0.4) is 0 Å². The van der Waals surface area contributed by atoms with Crippen molar-refractivity contribution >= 4 is 13.5 Å². The molecular formula is C10H16NO6P. The molecule has 1 aromatic carbocycles. The first-order chi connectivity index (χ1) is 8.50. The average Bonchev–Trinajstić information content (AvgIpc) is 2.30. The van der Waals surface area contributed by atoms with E-state index in [0.29, 0.717) is 0 Å². The number of rotatable bonds is 7. The van der Waals surface area contributed by atoms with E-state index in [0.717, 1.165) is 0 Å². The monoisotopic (exact) mass is 277 g/mol. The van der Waals surface area contributed by atoms with Crippen LogP contribution in [-0.4, -0.2) is 23.6 Å². The fraction of sp³-hybridized carbons (Fsp3) is 0.400. The van der Waals surface area contributed by atoms with E-state index in [4.69, 9.17) is 24.0 Å². The third-order valence-electron chi connectivity index (χ3n) is 1.86. The summed E-state index contributed by atoms with van der Waals surface area (Å²) in [4.78, 5) is 0. The number of hydrogen-bond acceptors (Lipinski definition) is 7. The summed E-state index contributed by atoms with van der Waals surface area (Å²) in [5.74, 6) is 0.242. The van der Waals surface area contributed by atoms with Gasteiger partial charge in [0.2, 0.25) is 0 Å². The van der Waals surface area contributed by atoms with Crippen molar-refractivity contribution in [3.63, 3.8) is 0 Å². The number of anilines is 1. The zero-order valence-corrected chi connectivity index (χ0v) is 11.0. The summed E-state index contributed by atoms with van der Waals surface area (Å²) in [6.07, 6.45) is 0. The van der Waals surface area contributed by atoms with Crippen molar-refractivity contribution < 1.29 is 28.6 Å². The van der Waals surface area contributed by atoms with Crippen molar-refractivity contribution in [1.82, 2.24) is 0 Å². The maximum absolute atomic E-state index is 12.0. The van der Waals surface area contributed by atoms with Gasteiger partial charge in [-0.25, -0.2) is 4.57 Å². The Kier molecular flexibility index (Phi) is 5.58. The van der Waals surface area contributed by atoms with Crippen molar-refractivity contribution in [3.8, 4) is 5.75 Å². The van der Waals surface area contributed by atoms with Crippen LogP contribution in [0.25, 0.3) is 0 Å². The van der Waals surface area contributed by atoms with Crippen molar-refractivity contribution in [1.29, 1.82) is 0 Å². The second-order valence-corrected chi connectivity index (χ2v) is 4.75. The molecule has 0 radical (unpaired) electrons. The van der Waals surface area contributed by atoms with Crippen molar-refractivity contribution in [3.05, 3.63) is 24.3 Å². The average molecular weight is 277 g/mol. The van der Waals surface area contributed by atoms with Gasteiger partial charge in [-0.15, -0.1) is 5.23 Å². The third kappa shape index (κ3) is 4.29. The molecule has 2 N–H and O–H groups in total. The summed E-state index contributed by atoms with van der Waals surface area (Å²) < 4.78 is 27.1. The summed E-state index contributed by atoms with van der Waals surface area (Å²) in [6.45, 7) is 3.73. The molecule has 0 amide bonds. The predicted octanol–water partition coefficient (Wildman–Crippen LogP) is 2.83. The molecular weight excluding hydrogens is 261 g/mol. The van der Waals surface area contributed by atoms with E-state index < -0.39 is 7.82 Å². The molecule has 7 nitrogen and oxygen atoms in total. The van der Waals surface area contributed by atoms with E-state index in [2.05, 4.69) is 0 Å². The number of hydrogen-bond donors (Lipinski definition) is 2. The molecule has 0 aromatic heterocycles. The van der Waals surface area contributed by atoms with Crippen LogP contribution in [0.15, 0.2) is 24.3 Å². The molecule has 1 aromatic rings. The fourth-order valence-corrected chi connectivity index (χ4v) is 2.37. The highest BCUT2D eigenvalue weighted by Crippen LogP contribution is 2.49. The number of phosphoric ester groups is 1. The number of benzene rings is 1. The molecule has 8 heteroatoms. The Bertz CT molecular complexity index is 397. The van der Waals surface area contributed by atoms with Crippen LogP contribution in [0.2, 0.25) is 0 Å². The van der Waals surface area contributed by atoms with E-state index in [1.807, 2.05) is 0 Å². The highest BCUT2D eigenvalue weighted by atomic mass is 31.2. The van der Waals surface area contributed by atoms with Gasteiger partial charge >= 0.3 is 7.82 Å². The lowest BCUT2D eigenvalue weighted by Crippen LogP contribution is -2.10. The van der Waals surface area contributed by atoms with Crippen molar-refractivity contribution in [2.75, 3.05) is 18.4 Å². The highest BCUT2D eigenvalue weighted by Gasteiger charge is 2.27. The predicted molar refractivity (Wildman–Crippen MR) is 64.0 cm³/mol. The molecule has 1 rings (SSSR count). The lowest BCUT2D eigenvalue weighted by atomic mass is 10.3. The van der Waals surface area contributed by atoms with Crippen LogP contribution in [0.1, 0.15) is 13.8 Å². The Morgan fingerprint density at radius 2 is 1.61 bits per heavy atom. The van der Waals surface area contributed by atoms with Crippen LogP contribution < -0.4 is 9.75 Å². The smallest absolute Gasteiger partial charge is 0.404 e. The molecule has 0 heterocycles. The van der Waals surface area contributed by atoms with Gasteiger partial charge in [-0.3, -0.25) is 19.5 Å². The van der Waals surface area contributed by atoms with Gasteiger partial charge < -0.3 is 4.52 Å². The van der Waals surface area contributed by atoms with Gasteiger partial charge in [0.15, 0.2) is 0 Å². The van der Waals surface area contributed by atoms with Crippen LogP contribution in [-0.2, 0) is 13.6 Å². The Morgan fingerprint density at radius 3 is 2.00 bits per heavy atom. The minimum Gasteiger partial charge on any atom is -0.404 e. The van der Waals surface area contributed by atoms with Crippen LogP contribution in [0, 0.1) is 0 Å².